The fourth-order valence-electron chi connectivity index (χ4n) is 1.57. The zero-order valence-electron chi connectivity index (χ0n) is 8.10. The van der Waals surface area contributed by atoms with Gasteiger partial charge in [0.05, 0.1) is 12.6 Å². The summed E-state index contributed by atoms with van der Waals surface area (Å²) in [5.41, 5.74) is -0.0736. The van der Waals surface area contributed by atoms with E-state index in [1.165, 1.54) is 0 Å². The van der Waals surface area contributed by atoms with Crippen LogP contribution in [0.3, 0.4) is 0 Å². The minimum Gasteiger partial charge on any atom is -0.449 e. The van der Waals surface area contributed by atoms with Crippen LogP contribution in [0, 0.1) is 17.5 Å². The molecular weight excluding hydrogens is 223 g/mol. The lowest BCUT2D eigenvalue weighted by molar-refractivity contribution is 0.115. The Kier molecular flexibility index (Phi) is 2.72. The van der Waals surface area contributed by atoms with Gasteiger partial charge in [-0.1, -0.05) is 6.07 Å². The van der Waals surface area contributed by atoms with Crippen LogP contribution in [0.1, 0.15) is 18.0 Å². The molecule has 1 aliphatic heterocycles. The smallest absolute Gasteiger partial charge is 0.407 e. The van der Waals surface area contributed by atoms with E-state index in [-0.39, 0.29) is 12.2 Å². The lowest BCUT2D eigenvalue weighted by Crippen LogP contribution is -2.35. The Morgan fingerprint density at radius 2 is 2.00 bits per heavy atom. The highest BCUT2D eigenvalue weighted by molar-refractivity contribution is 5.68. The molecule has 0 saturated carbocycles. The quantitative estimate of drug-likeness (QED) is 0.753. The maximum atomic E-state index is 13.4. The highest BCUT2D eigenvalue weighted by atomic mass is 19.2. The van der Waals surface area contributed by atoms with Crippen molar-refractivity contribution < 1.29 is 22.7 Å². The van der Waals surface area contributed by atoms with Crippen molar-refractivity contribution in [2.24, 2.45) is 0 Å². The van der Waals surface area contributed by atoms with Crippen LogP contribution in [-0.2, 0) is 4.74 Å². The number of carbonyl (C=O) groups is 1. The molecule has 0 radical (unpaired) electrons. The topological polar surface area (TPSA) is 38.3 Å². The molecular formula is C10H8F3NO2. The van der Waals surface area contributed by atoms with Crippen molar-refractivity contribution in [2.75, 3.05) is 6.61 Å². The molecule has 1 saturated heterocycles. The van der Waals surface area contributed by atoms with E-state index in [9.17, 15) is 18.0 Å². The van der Waals surface area contributed by atoms with Crippen molar-refractivity contribution >= 4 is 6.09 Å². The number of carbonyl (C=O) groups excluding carboxylic acids is 1. The number of ether oxygens (including phenoxy) is 1. The van der Waals surface area contributed by atoms with Gasteiger partial charge >= 0.3 is 6.09 Å². The van der Waals surface area contributed by atoms with Gasteiger partial charge in [0, 0.05) is 12.0 Å². The molecule has 86 valence electrons. The van der Waals surface area contributed by atoms with Gasteiger partial charge in [-0.05, 0) is 6.07 Å². The molecule has 0 aromatic heterocycles. The molecule has 1 aromatic carbocycles. The number of hydrogen-bond acceptors (Lipinski definition) is 2. The van der Waals surface area contributed by atoms with Gasteiger partial charge in [-0.2, -0.15) is 0 Å². The number of cyclic esters (lactones) is 1. The summed E-state index contributed by atoms with van der Waals surface area (Å²) in [5, 5.41) is 2.33. The highest BCUT2D eigenvalue weighted by Crippen LogP contribution is 2.25. The largest absolute Gasteiger partial charge is 0.449 e. The van der Waals surface area contributed by atoms with E-state index in [1.807, 2.05) is 0 Å². The number of benzene rings is 1. The van der Waals surface area contributed by atoms with Crippen LogP contribution in [0.4, 0.5) is 18.0 Å². The molecule has 0 unspecified atom stereocenters. The second-order valence-corrected chi connectivity index (χ2v) is 3.39. The van der Waals surface area contributed by atoms with Crippen molar-refractivity contribution in [2.45, 2.75) is 12.5 Å². The van der Waals surface area contributed by atoms with E-state index in [0.29, 0.717) is 6.42 Å². The third kappa shape index (κ3) is 1.82. The Morgan fingerprint density at radius 3 is 2.69 bits per heavy atom. The average molecular weight is 231 g/mol. The number of alkyl carbamates (subject to hydrolysis) is 1. The van der Waals surface area contributed by atoms with Crippen LogP contribution in [0.5, 0.6) is 0 Å². The van der Waals surface area contributed by atoms with Gasteiger partial charge in [-0.25, -0.2) is 18.0 Å². The first-order chi connectivity index (χ1) is 7.59. The Morgan fingerprint density at radius 1 is 1.25 bits per heavy atom. The fourth-order valence-corrected chi connectivity index (χ4v) is 1.57. The van der Waals surface area contributed by atoms with Gasteiger partial charge in [-0.15, -0.1) is 0 Å². The fraction of sp³-hybridized carbons (Fsp3) is 0.300. The van der Waals surface area contributed by atoms with E-state index in [4.69, 9.17) is 0 Å². The van der Waals surface area contributed by atoms with Crippen LogP contribution < -0.4 is 5.32 Å². The summed E-state index contributed by atoms with van der Waals surface area (Å²) in [4.78, 5) is 10.9. The zero-order valence-corrected chi connectivity index (χ0v) is 8.10. The molecule has 1 amide bonds. The first-order valence-corrected chi connectivity index (χ1v) is 4.66. The third-order valence-electron chi connectivity index (χ3n) is 2.37. The lowest BCUT2D eigenvalue weighted by Gasteiger charge is -2.24. The summed E-state index contributed by atoms with van der Waals surface area (Å²) in [6, 6.07) is 1.26. The number of amides is 1. The molecule has 0 bridgehead atoms. The van der Waals surface area contributed by atoms with Gasteiger partial charge in [0.2, 0.25) is 0 Å². The van der Waals surface area contributed by atoms with E-state index >= 15 is 0 Å². The van der Waals surface area contributed by atoms with E-state index in [1.54, 1.807) is 0 Å². The third-order valence-corrected chi connectivity index (χ3v) is 2.37. The van der Waals surface area contributed by atoms with E-state index in [0.717, 1.165) is 12.1 Å². The van der Waals surface area contributed by atoms with Crippen molar-refractivity contribution in [3.05, 3.63) is 35.1 Å². The second kappa shape index (κ2) is 4.03. The standard InChI is InChI=1S/C10H8F3NO2/c11-6-2-1-5(8(12)9(6)13)7-3-4-16-10(15)14-7/h1-2,7H,3-4H2,(H,14,15)/t7-/m1/s1. The van der Waals surface area contributed by atoms with Gasteiger partial charge < -0.3 is 10.1 Å². The lowest BCUT2D eigenvalue weighted by atomic mass is 10.0. The van der Waals surface area contributed by atoms with Gasteiger partial charge in [0.25, 0.3) is 0 Å². The summed E-state index contributed by atoms with van der Waals surface area (Å²) in [6.07, 6.45) is -0.381. The Labute approximate surface area is 89.2 Å². The number of rotatable bonds is 1. The summed E-state index contributed by atoms with van der Waals surface area (Å²) < 4.78 is 43.6. The summed E-state index contributed by atoms with van der Waals surface area (Å²) in [7, 11) is 0. The molecule has 0 aliphatic carbocycles. The van der Waals surface area contributed by atoms with Crippen molar-refractivity contribution in [1.29, 1.82) is 0 Å². The zero-order chi connectivity index (χ0) is 11.7. The monoisotopic (exact) mass is 231 g/mol. The molecule has 0 spiro atoms. The number of nitrogens with one attached hydrogen (secondary N) is 1. The molecule has 2 rings (SSSR count). The van der Waals surface area contributed by atoms with E-state index < -0.39 is 29.6 Å². The molecule has 1 N–H and O–H groups in total. The van der Waals surface area contributed by atoms with Crippen LogP contribution >= 0.6 is 0 Å². The van der Waals surface area contributed by atoms with Crippen molar-refractivity contribution in [3.63, 3.8) is 0 Å². The summed E-state index contributed by atoms with van der Waals surface area (Å²) in [6.45, 7) is 0.120. The van der Waals surface area contributed by atoms with Crippen LogP contribution in [0.25, 0.3) is 0 Å². The maximum Gasteiger partial charge on any atom is 0.407 e. The molecule has 1 heterocycles. The van der Waals surface area contributed by atoms with Crippen LogP contribution in [0.2, 0.25) is 0 Å². The molecule has 3 nitrogen and oxygen atoms in total. The molecule has 1 fully saturated rings. The minimum atomic E-state index is -1.53. The molecule has 1 atom stereocenters. The van der Waals surface area contributed by atoms with Crippen LogP contribution in [0.15, 0.2) is 12.1 Å². The normalized spacial score (nSPS) is 20.2. The van der Waals surface area contributed by atoms with Crippen molar-refractivity contribution in [3.8, 4) is 0 Å². The second-order valence-electron chi connectivity index (χ2n) is 3.39. The minimum absolute atomic E-state index is 0.0736. The van der Waals surface area contributed by atoms with E-state index in [2.05, 4.69) is 10.1 Å². The van der Waals surface area contributed by atoms with Crippen LogP contribution in [-0.4, -0.2) is 12.7 Å². The van der Waals surface area contributed by atoms with Gasteiger partial charge in [-0.3, -0.25) is 0 Å². The summed E-state index contributed by atoms with van der Waals surface area (Å²) in [5.74, 6) is -4.05. The van der Waals surface area contributed by atoms with Crippen molar-refractivity contribution in [1.82, 2.24) is 5.32 Å². The SMILES string of the molecule is O=C1N[C@@H](c2ccc(F)c(F)c2F)CCO1. The first kappa shape index (κ1) is 10.8. The Bertz CT molecular complexity index is 436. The van der Waals surface area contributed by atoms with Gasteiger partial charge in [0.1, 0.15) is 0 Å². The van der Waals surface area contributed by atoms with Gasteiger partial charge in [0.15, 0.2) is 17.5 Å². The highest BCUT2D eigenvalue weighted by Gasteiger charge is 2.25. The number of hydrogen-bond donors (Lipinski definition) is 1. The first-order valence-electron chi connectivity index (χ1n) is 4.66. The predicted molar refractivity (Wildman–Crippen MR) is 48.2 cm³/mol. The molecule has 16 heavy (non-hydrogen) atoms. The average Bonchev–Trinajstić information content (AvgIpc) is 2.26. The predicted octanol–water partition coefficient (Wildman–Crippen LogP) is 2.27. The molecule has 1 aromatic rings. The molecule has 1 aliphatic rings. The maximum absolute atomic E-state index is 13.4. The Balaban J connectivity index is 2.33. The number of halogens is 3. The Hall–Kier alpha value is -1.72. The molecule has 6 heteroatoms. The summed E-state index contributed by atoms with van der Waals surface area (Å²) >= 11 is 0.